The molecule has 6 nitrogen and oxygen atoms in total. The highest BCUT2D eigenvalue weighted by Gasteiger charge is 2.40. The van der Waals surface area contributed by atoms with Gasteiger partial charge in [0.1, 0.15) is 11.6 Å². The van der Waals surface area contributed by atoms with E-state index < -0.39 is 0 Å². The zero-order valence-corrected chi connectivity index (χ0v) is 15.3. The number of nitrogens with one attached hydrogen (secondary N) is 1. The van der Waals surface area contributed by atoms with Crippen LogP contribution in [0.1, 0.15) is 43.5 Å². The van der Waals surface area contributed by atoms with Gasteiger partial charge in [0.05, 0.1) is 0 Å². The molecule has 2 aromatic rings. The van der Waals surface area contributed by atoms with Crippen LogP contribution in [-0.4, -0.2) is 26.5 Å². The lowest BCUT2D eigenvalue weighted by Gasteiger charge is -2.43. The Hall–Kier alpha value is -2.21. The Kier molecular flexibility index (Phi) is 4.76. The van der Waals surface area contributed by atoms with E-state index in [1.54, 1.807) is 6.20 Å². The van der Waals surface area contributed by atoms with Crippen molar-refractivity contribution in [1.82, 2.24) is 19.9 Å². The first-order chi connectivity index (χ1) is 12.6. The fraction of sp³-hybridized carbons (Fsp3) is 0.550. The first-order valence-electron chi connectivity index (χ1n) is 9.60. The van der Waals surface area contributed by atoms with Crippen molar-refractivity contribution >= 4 is 5.91 Å². The first kappa shape index (κ1) is 17.2. The zero-order valence-electron chi connectivity index (χ0n) is 15.3. The molecule has 2 unspecified atom stereocenters. The summed E-state index contributed by atoms with van der Waals surface area (Å²) in [5.74, 6) is 3.08. The molecule has 2 fully saturated rings. The third-order valence-electron chi connectivity index (χ3n) is 6.13. The predicted molar refractivity (Wildman–Crippen MR) is 99.5 cm³/mol. The summed E-state index contributed by atoms with van der Waals surface area (Å²) >= 11 is 0. The molecule has 3 N–H and O–H groups in total. The topological polar surface area (TPSA) is 85.8 Å². The summed E-state index contributed by atoms with van der Waals surface area (Å²) in [5, 5.41) is 3.10. The van der Waals surface area contributed by atoms with Gasteiger partial charge in [-0.2, -0.15) is 0 Å². The van der Waals surface area contributed by atoms with Gasteiger partial charge in [-0.15, -0.1) is 0 Å². The maximum absolute atomic E-state index is 12.6. The van der Waals surface area contributed by atoms with Crippen molar-refractivity contribution in [3.8, 4) is 5.82 Å². The number of aromatic nitrogens is 3. The van der Waals surface area contributed by atoms with E-state index in [9.17, 15) is 4.79 Å². The molecule has 138 valence electrons. The van der Waals surface area contributed by atoms with Crippen molar-refractivity contribution in [2.24, 2.45) is 23.5 Å². The Labute approximate surface area is 154 Å². The van der Waals surface area contributed by atoms with Crippen LogP contribution in [0.15, 0.2) is 30.7 Å². The monoisotopic (exact) mass is 353 g/mol. The number of carbonyl (C=O) groups excluding carboxylic acids is 1. The highest BCUT2D eigenvalue weighted by molar-refractivity contribution is 5.78. The SMILES string of the molecule is Cc1nccn1-c1ccc(CNC(=O)C2CC3CCCC(C2)C3N)cn1. The Balaban J connectivity index is 1.34. The largest absolute Gasteiger partial charge is 0.352 e. The van der Waals surface area contributed by atoms with Gasteiger partial charge in [-0.05, 0) is 56.1 Å². The first-order valence-corrected chi connectivity index (χ1v) is 9.60. The molecule has 2 aromatic heterocycles. The van der Waals surface area contributed by atoms with Crippen LogP contribution in [-0.2, 0) is 11.3 Å². The summed E-state index contributed by atoms with van der Waals surface area (Å²) in [6.07, 6.45) is 11.0. The van der Waals surface area contributed by atoms with Gasteiger partial charge in [0.25, 0.3) is 0 Å². The fourth-order valence-corrected chi connectivity index (χ4v) is 4.62. The number of nitrogens with two attached hydrogens (primary N) is 1. The van der Waals surface area contributed by atoms with Crippen LogP contribution < -0.4 is 11.1 Å². The van der Waals surface area contributed by atoms with E-state index in [-0.39, 0.29) is 11.8 Å². The lowest BCUT2D eigenvalue weighted by molar-refractivity contribution is -0.128. The molecule has 0 saturated heterocycles. The lowest BCUT2D eigenvalue weighted by atomic mass is 9.65. The molecule has 4 rings (SSSR count). The van der Waals surface area contributed by atoms with Crippen LogP contribution in [0, 0.1) is 24.7 Å². The van der Waals surface area contributed by atoms with Crippen molar-refractivity contribution in [1.29, 1.82) is 0 Å². The van der Waals surface area contributed by atoms with E-state index >= 15 is 0 Å². The fourth-order valence-electron chi connectivity index (χ4n) is 4.62. The molecule has 0 spiro atoms. The minimum Gasteiger partial charge on any atom is -0.352 e. The zero-order chi connectivity index (χ0) is 18.1. The number of hydrogen-bond donors (Lipinski definition) is 2. The van der Waals surface area contributed by atoms with E-state index in [0.717, 1.165) is 30.0 Å². The van der Waals surface area contributed by atoms with Crippen molar-refractivity contribution in [3.63, 3.8) is 0 Å². The number of aryl methyl sites for hydroxylation is 1. The van der Waals surface area contributed by atoms with Crippen LogP contribution in [0.2, 0.25) is 0 Å². The number of rotatable bonds is 4. The number of hydrogen-bond acceptors (Lipinski definition) is 4. The predicted octanol–water partition coefficient (Wildman–Crippen LogP) is 2.35. The molecule has 2 aliphatic rings. The Morgan fingerprint density at radius 2 is 2.04 bits per heavy atom. The molecule has 2 atom stereocenters. The van der Waals surface area contributed by atoms with Gasteiger partial charge in [0.15, 0.2) is 0 Å². The maximum atomic E-state index is 12.6. The average Bonchev–Trinajstić information content (AvgIpc) is 3.06. The van der Waals surface area contributed by atoms with Crippen LogP contribution >= 0.6 is 0 Å². The third-order valence-corrected chi connectivity index (χ3v) is 6.13. The second kappa shape index (κ2) is 7.19. The van der Waals surface area contributed by atoms with Gasteiger partial charge >= 0.3 is 0 Å². The molecule has 2 saturated carbocycles. The summed E-state index contributed by atoms with van der Waals surface area (Å²) in [6.45, 7) is 2.47. The molecule has 2 aliphatic carbocycles. The number of pyridine rings is 1. The molecule has 0 aromatic carbocycles. The molecule has 26 heavy (non-hydrogen) atoms. The Bertz CT molecular complexity index is 755. The van der Waals surface area contributed by atoms with Gasteiger partial charge in [0.2, 0.25) is 5.91 Å². The van der Waals surface area contributed by atoms with Gasteiger partial charge in [-0.3, -0.25) is 9.36 Å². The van der Waals surface area contributed by atoms with Crippen LogP contribution in [0.25, 0.3) is 5.82 Å². The third kappa shape index (κ3) is 3.38. The van der Waals surface area contributed by atoms with Crippen molar-refractivity contribution < 1.29 is 4.79 Å². The van der Waals surface area contributed by atoms with Gasteiger partial charge in [-0.1, -0.05) is 12.5 Å². The highest BCUT2D eigenvalue weighted by atomic mass is 16.1. The molecular weight excluding hydrogens is 326 g/mol. The molecular formula is C20H27N5O. The van der Waals surface area contributed by atoms with Crippen LogP contribution in [0.5, 0.6) is 0 Å². The van der Waals surface area contributed by atoms with E-state index in [0.29, 0.717) is 24.4 Å². The number of imidazole rings is 1. The minimum atomic E-state index is 0.117. The molecule has 2 heterocycles. The summed E-state index contributed by atoms with van der Waals surface area (Å²) in [4.78, 5) is 21.3. The van der Waals surface area contributed by atoms with Crippen molar-refractivity contribution in [2.75, 3.05) is 0 Å². The highest BCUT2D eigenvalue weighted by Crippen LogP contribution is 2.41. The number of carbonyl (C=O) groups is 1. The van der Waals surface area contributed by atoms with E-state index in [4.69, 9.17) is 5.73 Å². The number of fused-ring (bicyclic) bond motifs is 2. The Morgan fingerprint density at radius 1 is 1.27 bits per heavy atom. The summed E-state index contributed by atoms with van der Waals surface area (Å²) in [6, 6.07) is 4.27. The van der Waals surface area contributed by atoms with E-state index in [1.165, 1.54) is 19.3 Å². The smallest absolute Gasteiger partial charge is 0.223 e. The van der Waals surface area contributed by atoms with Crippen molar-refractivity contribution in [2.45, 2.75) is 51.6 Å². The second-order valence-electron chi connectivity index (χ2n) is 7.78. The second-order valence-corrected chi connectivity index (χ2v) is 7.78. The summed E-state index contributed by atoms with van der Waals surface area (Å²) < 4.78 is 1.94. The maximum Gasteiger partial charge on any atom is 0.223 e. The molecule has 0 radical (unpaired) electrons. The Morgan fingerprint density at radius 3 is 2.65 bits per heavy atom. The lowest BCUT2D eigenvalue weighted by Crippen LogP contribution is -2.49. The average molecular weight is 353 g/mol. The summed E-state index contributed by atoms with van der Waals surface area (Å²) in [5.41, 5.74) is 7.34. The van der Waals surface area contributed by atoms with E-state index in [1.807, 2.05) is 36.0 Å². The molecule has 0 aliphatic heterocycles. The van der Waals surface area contributed by atoms with Gasteiger partial charge in [-0.25, -0.2) is 9.97 Å². The van der Waals surface area contributed by atoms with Crippen molar-refractivity contribution in [3.05, 3.63) is 42.1 Å². The van der Waals surface area contributed by atoms with E-state index in [2.05, 4.69) is 15.3 Å². The molecule has 1 amide bonds. The number of nitrogens with zero attached hydrogens (tertiary/aromatic N) is 3. The standard InChI is InChI=1S/C20H27N5O/c1-13-22-7-8-25(13)18-6-5-14(11-23-18)12-24-20(26)17-9-15-3-2-4-16(10-17)19(15)21/h5-8,11,15-17,19H,2-4,9-10,12,21H2,1H3,(H,24,26). The normalized spacial score (nSPS) is 27.9. The quantitative estimate of drug-likeness (QED) is 0.883. The molecule has 6 heteroatoms. The number of amides is 1. The summed E-state index contributed by atoms with van der Waals surface area (Å²) in [7, 11) is 0. The van der Waals surface area contributed by atoms with Gasteiger partial charge < -0.3 is 11.1 Å². The molecule has 2 bridgehead atoms. The van der Waals surface area contributed by atoms with Gasteiger partial charge in [0, 0.05) is 37.1 Å². The van der Waals surface area contributed by atoms with Crippen LogP contribution in [0.3, 0.4) is 0 Å². The van der Waals surface area contributed by atoms with Crippen LogP contribution in [0.4, 0.5) is 0 Å². The minimum absolute atomic E-state index is 0.117.